The number of esters is 1. The summed E-state index contributed by atoms with van der Waals surface area (Å²) >= 11 is 2.09. The number of halogens is 1. The molecule has 0 fully saturated rings. The first-order valence-corrected chi connectivity index (χ1v) is 13.2. The molecule has 1 aliphatic rings. The van der Waals surface area contributed by atoms with E-state index in [1.165, 1.54) is 0 Å². The van der Waals surface area contributed by atoms with Gasteiger partial charge in [-0.3, -0.25) is 14.2 Å². The van der Waals surface area contributed by atoms with Gasteiger partial charge in [-0.15, -0.1) is 5.54 Å². The van der Waals surface area contributed by atoms with E-state index < -0.39 is 19.6 Å². The van der Waals surface area contributed by atoms with E-state index in [1.54, 1.807) is 17.6 Å². The van der Waals surface area contributed by atoms with Crippen molar-refractivity contribution in [3.63, 3.8) is 0 Å². The van der Waals surface area contributed by atoms with Crippen LogP contribution in [0.2, 0.25) is 18.1 Å². The summed E-state index contributed by atoms with van der Waals surface area (Å²) in [6.45, 7) is 13.0. The minimum Gasteiger partial charge on any atom is -0.460 e. The monoisotopic (exact) mass is 501 g/mol. The summed E-state index contributed by atoms with van der Waals surface area (Å²) in [6.07, 6.45) is 0.195. The molecule has 2 heterocycles. The van der Waals surface area contributed by atoms with Gasteiger partial charge in [0.2, 0.25) is 0 Å². The van der Waals surface area contributed by atoms with Gasteiger partial charge in [0.15, 0.2) is 0 Å². The maximum atomic E-state index is 13.0. The number of nitrogens with zero attached hydrogens (tertiary/aromatic N) is 1. The zero-order chi connectivity index (χ0) is 20.6. The number of carbonyl (C=O) groups excluding carboxylic acids is 1. The van der Waals surface area contributed by atoms with E-state index in [0.29, 0.717) is 21.2 Å². The molecule has 0 saturated carbocycles. The van der Waals surface area contributed by atoms with Crippen LogP contribution in [0.3, 0.4) is 0 Å². The fourth-order valence-corrected chi connectivity index (χ4v) is 4.34. The number of carbonyl (C=O) groups is 1. The number of rotatable bonds is 2. The maximum absolute atomic E-state index is 13.0. The average Bonchev–Trinajstić information content (AvgIpc) is 2.67. The largest absolute Gasteiger partial charge is 0.460 e. The number of fused-ring (bicyclic) bond motifs is 1. The number of aliphatic hydroxyl groups is 1. The second-order valence-electron chi connectivity index (χ2n) is 8.65. The van der Waals surface area contributed by atoms with Crippen LogP contribution in [0.5, 0.6) is 0 Å². The molecule has 7 heteroatoms. The lowest BCUT2D eigenvalue weighted by Crippen LogP contribution is -2.36. The van der Waals surface area contributed by atoms with Gasteiger partial charge < -0.3 is 9.84 Å². The molecule has 0 bridgehead atoms. The molecule has 1 N–H and O–H groups in total. The zero-order valence-corrected chi connectivity index (χ0v) is 20.1. The summed E-state index contributed by atoms with van der Waals surface area (Å²) in [5.41, 5.74) is 2.65. The Morgan fingerprint density at radius 3 is 2.56 bits per heavy atom. The highest BCUT2D eigenvalue weighted by Gasteiger charge is 2.38. The first kappa shape index (κ1) is 22.2. The molecule has 5 nitrogen and oxygen atoms in total. The van der Waals surface area contributed by atoms with Crippen LogP contribution < -0.4 is 5.56 Å². The van der Waals surface area contributed by atoms with Gasteiger partial charge in [-0.25, -0.2) is 0 Å². The fraction of sp³-hybridized carbons (Fsp3) is 0.600. The Morgan fingerprint density at radius 2 is 2.00 bits per heavy atom. The van der Waals surface area contributed by atoms with Crippen molar-refractivity contribution in [2.45, 2.75) is 77.4 Å². The smallest absolute Gasteiger partial charge is 0.309 e. The second kappa shape index (κ2) is 7.72. The first-order chi connectivity index (χ1) is 12.3. The molecule has 1 aromatic heterocycles. The van der Waals surface area contributed by atoms with E-state index in [-0.39, 0.29) is 30.2 Å². The van der Waals surface area contributed by atoms with E-state index in [0.717, 1.165) is 0 Å². The van der Waals surface area contributed by atoms with Crippen LogP contribution in [0.1, 0.15) is 51.7 Å². The van der Waals surface area contributed by atoms with Crippen LogP contribution >= 0.6 is 22.6 Å². The second-order valence-corrected chi connectivity index (χ2v) is 14.8. The molecular weight excluding hydrogens is 473 g/mol. The van der Waals surface area contributed by atoms with E-state index in [4.69, 9.17) is 4.74 Å². The number of ether oxygens (including phenoxy) is 1. The number of pyridine rings is 1. The van der Waals surface area contributed by atoms with Crippen molar-refractivity contribution in [1.29, 1.82) is 0 Å². The quantitative estimate of drug-likeness (QED) is 0.221. The summed E-state index contributed by atoms with van der Waals surface area (Å²) in [7, 11) is -1.76. The minimum absolute atomic E-state index is 0.109. The minimum atomic E-state index is -1.76. The van der Waals surface area contributed by atoms with Crippen molar-refractivity contribution in [3.8, 4) is 11.5 Å². The summed E-state index contributed by atoms with van der Waals surface area (Å²) in [5.74, 6) is 2.70. The summed E-state index contributed by atoms with van der Waals surface area (Å²) in [5, 5.41) is 11.1. The van der Waals surface area contributed by atoms with Crippen LogP contribution in [0.25, 0.3) is 0 Å². The molecule has 0 aromatic carbocycles. The molecule has 0 unspecified atom stereocenters. The lowest BCUT2D eigenvalue weighted by Gasteiger charge is -2.31. The third-order valence-electron chi connectivity index (χ3n) is 5.76. The summed E-state index contributed by atoms with van der Waals surface area (Å²) < 4.78 is 7.45. The van der Waals surface area contributed by atoms with Crippen LogP contribution in [0.15, 0.2) is 10.9 Å². The first-order valence-electron chi connectivity index (χ1n) is 9.13. The molecule has 1 atom stereocenters. The molecule has 2 rings (SSSR count). The molecule has 0 aliphatic carbocycles. The molecule has 1 aliphatic heterocycles. The van der Waals surface area contributed by atoms with E-state index >= 15 is 0 Å². The van der Waals surface area contributed by atoms with Gasteiger partial charge in [0.25, 0.3) is 5.56 Å². The normalized spacial score (nSPS) is 20.2. The van der Waals surface area contributed by atoms with Gasteiger partial charge in [-0.05, 0) is 45.7 Å². The lowest BCUT2D eigenvalue weighted by atomic mass is 9.86. The molecule has 0 spiro atoms. The predicted molar refractivity (Wildman–Crippen MR) is 117 cm³/mol. The van der Waals surface area contributed by atoms with Crippen LogP contribution in [-0.4, -0.2) is 23.7 Å². The molecule has 27 heavy (non-hydrogen) atoms. The topological polar surface area (TPSA) is 68.5 Å². The number of hydrogen-bond donors (Lipinski definition) is 1. The van der Waals surface area contributed by atoms with Crippen molar-refractivity contribution in [3.05, 3.63) is 31.2 Å². The third-order valence-corrected chi connectivity index (χ3v) is 11.2. The van der Waals surface area contributed by atoms with Crippen molar-refractivity contribution >= 4 is 36.6 Å². The fourth-order valence-electron chi connectivity index (χ4n) is 2.74. The Kier molecular flexibility index (Phi) is 6.34. The van der Waals surface area contributed by atoms with Gasteiger partial charge in [0, 0.05) is 0 Å². The molecule has 1 aromatic rings. The molecule has 0 radical (unpaired) electrons. The van der Waals surface area contributed by atoms with Gasteiger partial charge in [-0.1, -0.05) is 46.7 Å². The Bertz CT molecular complexity index is 873. The highest BCUT2D eigenvalue weighted by atomic mass is 127. The van der Waals surface area contributed by atoms with E-state index in [9.17, 15) is 14.7 Å². The number of hydrogen-bond acceptors (Lipinski definition) is 4. The van der Waals surface area contributed by atoms with Gasteiger partial charge >= 0.3 is 5.97 Å². The van der Waals surface area contributed by atoms with Gasteiger partial charge in [-0.2, -0.15) is 0 Å². The Labute approximate surface area is 175 Å². The lowest BCUT2D eigenvalue weighted by molar-refractivity contribution is -0.149. The van der Waals surface area contributed by atoms with Crippen LogP contribution in [0.4, 0.5) is 0 Å². The number of aromatic nitrogens is 1. The van der Waals surface area contributed by atoms with Crippen LogP contribution in [-0.2, 0) is 28.3 Å². The Hall–Kier alpha value is -1.11. The molecule has 148 valence electrons. The summed E-state index contributed by atoms with van der Waals surface area (Å²) in [4.78, 5) is 24.9. The number of cyclic esters (lactones) is 1. The van der Waals surface area contributed by atoms with Crippen molar-refractivity contribution < 1.29 is 14.6 Å². The Morgan fingerprint density at radius 1 is 1.37 bits per heavy atom. The maximum Gasteiger partial charge on any atom is 0.309 e. The van der Waals surface area contributed by atoms with Crippen molar-refractivity contribution in [2.24, 2.45) is 0 Å². The average molecular weight is 501 g/mol. The molecule has 0 amide bonds. The summed E-state index contributed by atoms with van der Waals surface area (Å²) in [6, 6.07) is 1.79. The highest BCUT2D eigenvalue weighted by molar-refractivity contribution is 14.1. The molecular formula is C20H28INO4Si. The molecule has 0 saturated heterocycles. The highest BCUT2D eigenvalue weighted by Crippen LogP contribution is 2.35. The van der Waals surface area contributed by atoms with Gasteiger partial charge in [0.1, 0.15) is 20.3 Å². The Balaban J connectivity index is 2.49. The van der Waals surface area contributed by atoms with Gasteiger partial charge in [0.05, 0.1) is 22.2 Å². The third kappa shape index (κ3) is 4.49. The van der Waals surface area contributed by atoms with Crippen LogP contribution in [0, 0.1) is 15.2 Å². The SMILES string of the molecule is CC[C@@]1(O)CC(=O)OCc2c1cc(I)n(CC#C[Si](C)(C)C(C)(C)C)c2=O. The zero-order valence-electron chi connectivity index (χ0n) is 16.9. The van der Waals surface area contributed by atoms with Crippen molar-refractivity contribution in [1.82, 2.24) is 4.57 Å². The van der Waals surface area contributed by atoms with E-state index in [1.807, 2.05) is 0 Å². The predicted octanol–water partition coefficient (Wildman–Crippen LogP) is 3.55. The standard InChI is InChI=1S/C20H28INO4Si/c1-7-20(25)12-17(23)26-13-14-15(20)11-16(21)22(18(14)24)9-8-10-27(5,6)19(2,3)4/h11,25H,7,9,12-13H2,1-6H3/t20-/m1/s1. The van der Waals surface area contributed by atoms with Crippen molar-refractivity contribution in [2.75, 3.05) is 0 Å². The van der Waals surface area contributed by atoms with E-state index in [2.05, 4.69) is 67.9 Å².